The number of hydrazine groups is 1. The van der Waals surface area contributed by atoms with E-state index in [0.717, 1.165) is 12.8 Å². The first kappa shape index (κ1) is 8.01. The number of hydrogen-bond acceptors (Lipinski definition) is 4. The molecule has 12 heavy (non-hydrogen) atoms. The second-order valence-corrected chi connectivity index (χ2v) is 3.56. The molecule has 2 fully saturated rings. The summed E-state index contributed by atoms with van der Waals surface area (Å²) >= 11 is 0. The number of methoxy groups -OCH3 is 1. The van der Waals surface area contributed by atoms with E-state index in [0.29, 0.717) is 12.0 Å². The second-order valence-electron chi connectivity index (χ2n) is 3.56. The summed E-state index contributed by atoms with van der Waals surface area (Å²) in [6.45, 7) is 0. The van der Waals surface area contributed by atoms with Crippen molar-refractivity contribution in [2.75, 3.05) is 7.11 Å². The Morgan fingerprint density at radius 3 is 3.00 bits per heavy atom. The number of esters is 1. The van der Waals surface area contributed by atoms with E-state index in [1.165, 1.54) is 13.5 Å². The first-order chi connectivity index (χ1) is 5.81. The molecule has 0 amide bonds. The minimum absolute atomic E-state index is 0.131. The highest BCUT2D eigenvalue weighted by atomic mass is 16.5. The summed E-state index contributed by atoms with van der Waals surface area (Å²) in [4.78, 5) is 11.2. The van der Waals surface area contributed by atoms with Crippen LogP contribution in [0.15, 0.2) is 0 Å². The van der Waals surface area contributed by atoms with E-state index < -0.39 is 0 Å². The molecule has 1 aliphatic carbocycles. The van der Waals surface area contributed by atoms with Crippen molar-refractivity contribution in [2.24, 2.45) is 5.92 Å². The molecule has 2 N–H and O–H groups in total. The lowest BCUT2D eigenvalue weighted by Gasteiger charge is -2.28. The SMILES string of the molecule is COC(=O)C1NNC2CCC1C2. The molecule has 0 aromatic carbocycles. The molecule has 0 spiro atoms. The molecular weight excluding hydrogens is 156 g/mol. The van der Waals surface area contributed by atoms with E-state index in [1.807, 2.05) is 0 Å². The number of fused-ring (bicyclic) bond motifs is 2. The molecule has 1 saturated carbocycles. The summed E-state index contributed by atoms with van der Waals surface area (Å²) in [6.07, 6.45) is 3.41. The molecular formula is C8H14N2O2. The second kappa shape index (κ2) is 3.03. The van der Waals surface area contributed by atoms with Crippen molar-refractivity contribution >= 4 is 5.97 Å². The molecule has 68 valence electrons. The van der Waals surface area contributed by atoms with E-state index in [-0.39, 0.29) is 12.0 Å². The number of carbonyl (C=O) groups is 1. The molecule has 4 nitrogen and oxygen atoms in total. The van der Waals surface area contributed by atoms with Gasteiger partial charge in [0, 0.05) is 6.04 Å². The zero-order valence-corrected chi connectivity index (χ0v) is 7.17. The zero-order chi connectivity index (χ0) is 8.55. The first-order valence-electron chi connectivity index (χ1n) is 4.40. The van der Waals surface area contributed by atoms with Crippen LogP contribution in [0.4, 0.5) is 0 Å². The summed E-state index contributed by atoms with van der Waals surface area (Å²) in [5.74, 6) is 0.330. The van der Waals surface area contributed by atoms with Gasteiger partial charge in [0.15, 0.2) is 0 Å². The average molecular weight is 170 g/mol. The van der Waals surface area contributed by atoms with Crippen molar-refractivity contribution in [3.8, 4) is 0 Å². The summed E-state index contributed by atoms with van der Waals surface area (Å²) < 4.78 is 4.70. The Morgan fingerprint density at radius 2 is 2.25 bits per heavy atom. The van der Waals surface area contributed by atoms with Crippen LogP contribution in [0.3, 0.4) is 0 Å². The third-order valence-electron chi connectivity index (χ3n) is 2.84. The molecule has 2 bridgehead atoms. The minimum Gasteiger partial charge on any atom is -0.468 e. The molecule has 1 aliphatic heterocycles. The van der Waals surface area contributed by atoms with Crippen LogP contribution in [0.2, 0.25) is 0 Å². The van der Waals surface area contributed by atoms with Gasteiger partial charge < -0.3 is 4.74 Å². The van der Waals surface area contributed by atoms with Gasteiger partial charge in [-0.1, -0.05) is 0 Å². The molecule has 1 heterocycles. The molecule has 3 unspecified atom stereocenters. The number of carbonyl (C=O) groups excluding carboxylic acids is 1. The quantitative estimate of drug-likeness (QED) is 0.535. The lowest BCUT2D eigenvalue weighted by atomic mass is 9.97. The third-order valence-corrected chi connectivity index (χ3v) is 2.84. The minimum atomic E-state index is -0.146. The standard InChI is InChI=1S/C8H14N2O2/c1-12-8(11)7-5-2-3-6(4-5)9-10-7/h5-7,9-10H,2-4H2,1H3. The van der Waals surface area contributed by atoms with Gasteiger partial charge in [-0.3, -0.25) is 10.2 Å². The molecule has 1 saturated heterocycles. The fraction of sp³-hybridized carbons (Fsp3) is 0.875. The maximum atomic E-state index is 11.2. The largest absolute Gasteiger partial charge is 0.468 e. The highest BCUT2D eigenvalue weighted by Gasteiger charge is 2.39. The van der Waals surface area contributed by atoms with E-state index in [9.17, 15) is 4.79 Å². The van der Waals surface area contributed by atoms with Gasteiger partial charge in [0.25, 0.3) is 0 Å². The molecule has 2 rings (SSSR count). The van der Waals surface area contributed by atoms with Crippen LogP contribution in [-0.4, -0.2) is 25.2 Å². The number of rotatable bonds is 1. The van der Waals surface area contributed by atoms with Crippen LogP contribution >= 0.6 is 0 Å². The Morgan fingerprint density at radius 1 is 1.42 bits per heavy atom. The van der Waals surface area contributed by atoms with E-state index in [4.69, 9.17) is 4.74 Å². The zero-order valence-electron chi connectivity index (χ0n) is 7.17. The molecule has 0 radical (unpaired) electrons. The molecule has 0 aromatic heterocycles. The smallest absolute Gasteiger partial charge is 0.324 e. The topological polar surface area (TPSA) is 50.4 Å². The Labute approximate surface area is 71.6 Å². The Balaban J connectivity index is 2.02. The van der Waals surface area contributed by atoms with E-state index >= 15 is 0 Å². The van der Waals surface area contributed by atoms with Crippen LogP contribution in [0, 0.1) is 5.92 Å². The van der Waals surface area contributed by atoms with Crippen LogP contribution < -0.4 is 10.9 Å². The maximum Gasteiger partial charge on any atom is 0.324 e. The maximum absolute atomic E-state index is 11.2. The molecule has 2 aliphatic rings. The van der Waals surface area contributed by atoms with Gasteiger partial charge in [0.05, 0.1) is 7.11 Å². The number of nitrogens with one attached hydrogen (secondary N) is 2. The van der Waals surface area contributed by atoms with Gasteiger partial charge in [-0.25, -0.2) is 5.43 Å². The Bertz CT molecular complexity index is 195. The molecule has 0 aromatic rings. The van der Waals surface area contributed by atoms with Crippen molar-refractivity contribution in [1.29, 1.82) is 0 Å². The van der Waals surface area contributed by atoms with Crippen molar-refractivity contribution in [2.45, 2.75) is 31.3 Å². The summed E-state index contributed by atoms with van der Waals surface area (Å²) in [5, 5.41) is 0. The van der Waals surface area contributed by atoms with Crippen molar-refractivity contribution < 1.29 is 9.53 Å². The lowest BCUT2D eigenvalue weighted by Crippen LogP contribution is -2.55. The van der Waals surface area contributed by atoms with Gasteiger partial charge in [0.1, 0.15) is 6.04 Å². The van der Waals surface area contributed by atoms with Crippen molar-refractivity contribution in [1.82, 2.24) is 10.9 Å². The summed E-state index contributed by atoms with van der Waals surface area (Å²) in [7, 11) is 1.44. The molecule has 4 heteroatoms. The van der Waals surface area contributed by atoms with Crippen LogP contribution in [0.25, 0.3) is 0 Å². The fourth-order valence-electron chi connectivity index (χ4n) is 2.15. The monoisotopic (exact) mass is 170 g/mol. The highest BCUT2D eigenvalue weighted by molar-refractivity contribution is 5.76. The highest BCUT2D eigenvalue weighted by Crippen LogP contribution is 2.31. The van der Waals surface area contributed by atoms with E-state index in [2.05, 4.69) is 10.9 Å². The van der Waals surface area contributed by atoms with Gasteiger partial charge in [-0.2, -0.15) is 0 Å². The number of ether oxygens (including phenoxy) is 1. The summed E-state index contributed by atoms with van der Waals surface area (Å²) in [5.41, 5.74) is 6.13. The molecule has 3 atom stereocenters. The Hall–Kier alpha value is -0.610. The van der Waals surface area contributed by atoms with Gasteiger partial charge in [0.2, 0.25) is 0 Å². The normalized spacial score (nSPS) is 39.6. The average Bonchev–Trinajstić information content (AvgIpc) is 2.47. The van der Waals surface area contributed by atoms with Crippen LogP contribution in [0.5, 0.6) is 0 Å². The first-order valence-corrected chi connectivity index (χ1v) is 4.40. The van der Waals surface area contributed by atoms with Crippen molar-refractivity contribution in [3.63, 3.8) is 0 Å². The predicted octanol–water partition coefficient (Wildman–Crippen LogP) is -0.196. The predicted molar refractivity (Wildman–Crippen MR) is 43.2 cm³/mol. The van der Waals surface area contributed by atoms with Gasteiger partial charge in [-0.05, 0) is 25.2 Å². The van der Waals surface area contributed by atoms with Crippen LogP contribution in [-0.2, 0) is 9.53 Å². The number of hydrogen-bond donors (Lipinski definition) is 2. The lowest BCUT2D eigenvalue weighted by molar-refractivity contribution is -0.145. The Kier molecular flexibility index (Phi) is 2.02. The van der Waals surface area contributed by atoms with Crippen molar-refractivity contribution in [3.05, 3.63) is 0 Å². The van der Waals surface area contributed by atoms with Gasteiger partial charge in [-0.15, -0.1) is 0 Å². The third kappa shape index (κ3) is 1.21. The van der Waals surface area contributed by atoms with Crippen LogP contribution in [0.1, 0.15) is 19.3 Å². The van der Waals surface area contributed by atoms with Gasteiger partial charge >= 0.3 is 5.97 Å². The van der Waals surface area contributed by atoms with E-state index in [1.54, 1.807) is 0 Å². The fourth-order valence-corrected chi connectivity index (χ4v) is 2.15. The summed E-state index contributed by atoms with van der Waals surface area (Å²) in [6, 6.07) is 0.435.